The zero-order chi connectivity index (χ0) is 16.6. The van der Waals surface area contributed by atoms with E-state index in [9.17, 15) is 4.79 Å². The highest BCUT2D eigenvalue weighted by Crippen LogP contribution is 2.27. The lowest BCUT2D eigenvalue weighted by Gasteiger charge is -2.09. The van der Waals surface area contributed by atoms with Gasteiger partial charge in [0.25, 0.3) is 5.56 Å². The molecule has 0 atom stereocenters. The van der Waals surface area contributed by atoms with Crippen LogP contribution >= 0.6 is 12.2 Å². The van der Waals surface area contributed by atoms with E-state index in [1.54, 1.807) is 17.7 Å². The molecule has 2 heterocycles. The third-order valence-corrected chi connectivity index (χ3v) is 4.34. The monoisotopic (exact) mass is 330 g/mol. The fourth-order valence-corrected chi connectivity index (χ4v) is 3.08. The number of aromatic nitrogens is 2. The summed E-state index contributed by atoms with van der Waals surface area (Å²) < 4.78 is 15.0. The summed E-state index contributed by atoms with van der Waals surface area (Å²) in [6.45, 7) is 5.07. The molecule has 5 nitrogen and oxygen atoms in total. The van der Waals surface area contributed by atoms with Crippen LogP contribution in [0.25, 0.3) is 22.4 Å². The van der Waals surface area contributed by atoms with Gasteiger partial charge in [0, 0.05) is 18.7 Å². The van der Waals surface area contributed by atoms with Gasteiger partial charge < -0.3 is 9.15 Å². The van der Waals surface area contributed by atoms with Crippen molar-refractivity contribution in [2.75, 3.05) is 7.11 Å². The van der Waals surface area contributed by atoms with E-state index in [2.05, 4.69) is 0 Å². The van der Waals surface area contributed by atoms with Crippen LogP contribution in [0, 0.1) is 4.77 Å². The van der Waals surface area contributed by atoms with Crippen LogP contribution in [0.1, 0.15) is 13.8 Å². The number of nitrogens with zero attached hydrogens (tertiary/aromatic N) is 2. The Bertz CT molecular complexity index is 964. The number of benzene rings is 1. The Kier molecular flexibility index (Phi) is 4.09. The van der Waals surface area contributed by atoms with Crippen LogP contribution < -0.4 is 10.3 Å². The van der Waals surface area contributed by atoms with Gasteiger partial charge in [-0.3, -0.25) is 13.9 Å². The summed E-state index contributed by atoms with van der Waals surface area (Å²) in [4.78, 5) is 12.6. The van der Waals surface area contributed by atoms with Gasteiger partial charge in [0.05, 0.1) is 7.11 Å². The van der Waals surface area contributed by atoms with Crippen molar-refractivity contribution in [3.05, 3.63) is 45.5 Å². The van der Waals surface area contributed by atoms with E-state index in [0.717, 1.165) is 11.3 Å². The van der Waals surface area contributed by atoms with Gasteiger partial charge in [-0.25, -0.2) is 0 Å². The Morgan fingerprint density at radius 1 is 1.13 bits per heavy atom. The molecule has 0 spiro atoms. The second-order valence-electron chi connectivity index (χ2n) is 5.13. The molecule has 0 fully saturated rings. The van der Waals surface area contributed by atoms with E-state index in [0.29, 0.717) is 34.7 Å². The summed E-state index contributed by atoms with van der Waals surface area (Å²) in [5, 5.41) is 0.549. The van der Waals surface area contributed by atoms with E-state index < -0.39 is 0 Å². The van der Waals surface area contributed by atoms with Crippen LogP contribution in [0.5, 0.6) is 5.75 Å². The Morgan fingerprint density at radius 3 is 2.35 bits per heavy atom. The number of aryl methyl sites for hydroxylation is 1. The first kappa shape index (κ1) is 15.6. The van der Waals surface area contributed by atoms with E-state index in [4.69, 9.17) is 21.4 Å². The minimum absolute atomic E-state index is 0.110. The normalized spacial score (nSPS) is 11.1. The zero-order valence-corrected chi connectivity index (χ0v) is 14.1. The summed E-state index contributed by atoms with van der Waals surface area (Å²) in [6, 6.07) is 9.31. The molecular weight excluding hydrogens is 312 g/mol. The first-order chi connectivity index (χ1) is 11.1. The van der Waals surface area contributed by atoms with Crippen LogP contribution in [0.4, 0.5) is 0 Å². The summed E-state index contributed by atoms with van der Waals surface area (Å²) in [7, 11) is 1.62. The lowest BCUT2D eigenvalue weighted by molar-refractivity contribution is 0.415. The number of methoxy groups -OCH3 is 1. The minimum Gasteiger partial charge on any atom is -0.497 e. The van der Waals surface area contributed by atoms with Crippen molar-refractivity contribution in [1.82, 2.24) is 9.13 Å². The van der Waals surface area contributed by atoms with Crippen molar-refractivity contribution in [2.45, 2.75) is 26.9 Å². The lowest BCUT2D eigenvalue weighted by Crippen LogP contribution is -2.24. The second-order valence-corrected chi connectivity index (χ2v) is 5.50. The Balaban J connectivity index is 2.27. The highest BCUT2D eigenvalue weighted by molar-refractivity contribution is 7.71. The molecule has 0 amide bonds. The maximum absolute atomic E-state index is 12.6. The Labute approximate surface area is 138 Å². The fraction of sp³-hybridized carbons (Fsp3) is 0.294. The smallest absolute Gasteiger partial charge is 0.265 e. The molecule has 3 rings (SSSR count). The topological polar surface area (TPSA) is 49.3 Å². The zero-order valence-electron chi connectivity index (χ0n) is 13.3. The summed E-state index contributed by atoms with van der Waals surface area (Å²) in [5.74, 6) is 1.42. The van der Waals surface area contributed by atoms with Crippen LogP contribution in [-0.2, 0) is 13.1 Å². The molecule has 0 unspecified atom stereocenters. The van der Waals surface area contributed by atoms with Gasteiger partial charge in [-0.15, -0.1) is 0 Å². The van der Waals surface area contributed by atoms with Crippen LogP contribution in [0.15, 0.2) is 39.5 Å². The third-order valence-electron chi connectivity index (χ3n) is 3.90. The lowest BCUT2D eigenvalue weighted by atomic mass is 10.1. The van der Waals surface area contributed by atoms with Crippen LogP contribution in [0.3, 0.4) is 0 Å². The Morgan fingerprint density at radius 2 is 1.78 bits per heavy atom. The molecule has 2 aromatic heterocycles. The highest BCUT2D eigenvalue weighted by Gasteiger charge is 2.15. The fourth-order valence-electron chi connectivity index (χ4n) is 2.66. The van der Waals surface area contributed by atoms with Crippen molar-refractivity contribution >= 4 is 23.3 Å². The molecule has 120 valence electrons. The molecule has 6 heteroatoms. The third kappa shape index (κ3) is 2.49. The average molecular weight is 330 g/mol. The van der Waals surface area contributed by atoms with E-state index in [1.165, 1.54) is 0 Å². The van der Waals surface area contributed by atoms with E-state index >= 15 is 0 Å². The molecule has 3 aromatic rings. The highest BCUT2D eigenvalue weighted by atomic mass is 32.1. The minimum atomic E-state index is -0.110. The first-order valence-corrected chi connectivity index (χ1v) is 7.93. The standard InChI is InChI=1S/C17H18N2O3S/c1-4-18-15(20)13-10-14(11-6-8-12(21-3)9-7-11)22-16(13)19(5-2)17(18)23/h6-10H,4-5H2,1-3H3. The van der Waals surface area contributed by atoms with Crippen molar-refractivity contribution in [3.63, 3.8) is 0 Å². The summed E-state index contributed by atoms with van der Waals surface area (Å²) >= 11 is 5.41. The van der Waals surface area contributed by atoms with Crippen LogP contribution in [0.2, 0.25) is 0 Å². The first-order valence-electron chi connectivity index (χ1n) is 7.52. The molecule has 0 radical (unpaired) electrons. The molecule has 0 aliphatic heterocycles. The Hall–Kier alpha value is -2.34. The molecule has 0 aliphatic rings. The van der Waals surface area contributed by atoms with Gasteiger partial charge in [0.15, 0.2) is 4.77 Å². The molecule has 0 N–H and O–H groups in total. The molecule has 0 saturated carbocycles. The maximum atomic E-state index is 12.6. The number of rotatable bonds is 4. The van der Waals surface area contributed by atoms with Crippen molar-refractivity contribution < 1.29 is 9.15 Å². The second kappa shape index (κ2) is 6.04. The molecule has 23 heavy (non-hydrogen) atoms. The SMILES string of the molecule is CCn1c(=O)c2cc(-c3ccc(OC)cc3)oc2n(CC)c1=S. The van der Waals surface area contributed by atoms with Crippen molar-refractivity contribution in [3.8, 4) is 17.1 Å². The van der Waals surface area contributed by atoms with E-state index in [1.807, 2.05) is 42.7 Å². The average Bonchev–Trinajstić information content (AvgIpc) is 3.01. The number of hydrogen-bond donors (Lipinski definition) is 0. The molecule has 1 aromatic carbocycles. The quantitative estimate of drug-likeness (QED) is 0.682. The van der Waals surface area contributed by atoms with Gasteiger partial charge in [-0.1, -0.05) is 0 Å². The predicted octanol–water partition coefficient (Wildman–Crippen LogP) is 3.84. The summed E-state index contributed by atoms with van der Waals surface area (Å²) in [6.07, 6.45) is 0. The number of fused-ring (bicyclic) bond motifs is 1. The summed E-state index contributed by atoms with van der Waals surface area (Å²) in [5.41, 5.74) is 1.30. The van der Waals surface area contributed by atoms with Gasteiger partial charge in [-0.05, 0) is 56.4 Å². The van der Waals surface area contributed by atoms with Crippen LogP contribution in [-0.4, -0.2) is 16.2 Å². The molecular formula is C17H18N2O3S. The molecule has 0 saturated heterocycles. The van der Waals surface area contributed by atoms with Gasteiger partial charge >= 0.3 is 0 Å². The number of hydrogen-bond acceptors (Lipinski definition) is 4. The molecule has 0 aliphatic carbocycles. The van der Waals surface area contributed by atoms with E-state index in [-0.39, 0.29) is 5.56 Å². The van der Waals surface area contributed by atoms with Gasteiger partial charge in [0.1, 0.15) is 16.9 Å². The van der Waals surface area contributed by atoms with Gasteiger partial charge in [0.2, 0.25) is 5.71 Å². The number of ether oxygens (including phenoxy) is 1. The maximum Gasteiger partial charge on any atom is 0.265 e. The largest absolute Gasteiger partial charge is 0.497 e. The number of furan rings is 1. The molecule has 0 bridgehead atoms. The predicted molar refractivity (Wildman–Crippen MR) is 92.6 cm³/mol. The van der Waals surface area contributed by atoms with Gasteiger partial charge in [-0.2, -0.15) is 0 Å². The van der Waals surface area contributed by atoms with Crippen molar-refractivity contribution in [1.29, 1.82) is 0 Å². The van der Waals surface area contributed by atoms with Crippen molar-refractivity contribution in [2.24, 2.45) is 0 Å².